The number of methoxy groups -OCH3 is 1. The predicted octanol–water partition coefficient (Wildman–Crippen LogP) is 3.22. The van der Waals surface area contributed by atoms with Gasteiger partial charge in [0.15, 0.2) is 5.76 Å². The Morgan fingerprint density at radius 2 is 2.08 bits per heavy atom. The minimum Gasteiger partial charge on any atom is -0.507 e. The number of hydrogen-bond acceptors (Lipinski definition) is 5. The molecule has 0 spiro atoms. The zero-order chi connectivity index (χ0) is 17.1. The second kappa shape index (κ2) is 6.45. The summed E-state index contributed by atoms with van der Waals surface area (Å²) in [5, 5.41) is 14.3. The number of hydrogen-bond donors (Lipinski definition) is 2. The first-order chi connectivity index (χ1) is 11.6. The Kier molecular flexibility index (Phi) is 4.20. The lowest BCUT2D eigenvalue weighted by Crippen LogP contribution is -2.17. The van der Waals surface area contributed by atoms with Gasteiger partial charge in [0.25, 0.3) is 0 Å². The molecule has 0 saturated carbocycles. The molecule has 1 amide bonds. The third-order valence-corrected chi connectivity index (χ3v) is 3.61. The Morgan fingerprint density at radius 1 is 1.29 bits per heavy atom. The number of benzene rings is 2. The van der Waals surface area contributed by atoms with E-state index in [0.717, 1.165) is 5.56 Å². The summed E-state index contributed by atoms with van der Waals surface area (Å²) in [6.45, 7) is 1.71. The topological polar surface area (TPSA) is 84.1 Å². The van der Waals surface area contributed by atoms with Crippen molar-refractivity contribution in [1.29, 1.82) is 0 Å². The fourth-order valence-electron chi connectivity index (χ4n) is 2.44. The first-order valence-corrected chi connectivity index (χ1v) is 7.28. The van der Waals surface area contributed by atoms with E-state index in [4.69, 9.17) is 9.15 Å². The normalized spacial score (nSPS) is 11.1. The highest BCUT2D eigenvalue weighted by Crippen LogP contribution is 2.32. The quantitative estimate of drug-likeness (QED) is 0.570. The third-order valence-electron chi connectivity index (χ3n) is 3.61. The molecule has 0 bridgehead atoms. The summed E-state index contributed by atoms with van der Waals surface area (Å²) in [5.41, 5.74) is 4.23. The second-order valence-electron chi connectivity index (χ2n) is 5.18. The molecular weight excluding hydrogens is 308 g/mol. The standard InChI is InChI=1S/C18H16N2O4/c1-11-16-14(21)7-4-8-15(16)24-17(11)18(22)20-19-10-12-5-3-6-13(9-12)23-2/h3-10,21H,1-2H3,(H,20,22). The van der Waals surface area contributed by atoms with E-state index in [1.807, 2.05) is 18.2 Å². The molecule has 2 aromatic carbocycles. The number of phenols is 1. The van der Waals surface area contributed by atoms with Crippen LogP contribution in [0.3, 0.4) is 0 Å². The van der Waals surface area contributed by atoms with Gasteiger partial charge >= 0.3 is 5.91 Å². The van der Waals surface area contributed by atoms with Gasteiger partial charge < -0.3 is 14.3 Å². The summed E-state index contributed by atoms with van der Waals surface area (Å²) in [4.78, 5) is 12.2. The van der Waals surface area contributed by atoms with Gasteiger partial charge in [0.1, 0.15) is 17.1 Å². The van der Waals surface area contributed by atoms with Crippen LogP contribution in [0.1, 0.15) is 21.7 Å². The molecule has 122 valence electrons. The Morgan fingerprint density at radius 3 is 2.83 bits per heavy atom. The molecule has 0 saturated heterocycles. The van der Waals surface area contributed by atoms with Gasteiger partial charge in [0.2, 0.25) is 0 Å². The van der Waals surface area contributed by atoms with E-state index in [2.05, 4.69) is 10.5 Å². The highest BCUT2D eigenvalue weighted by atomic mass is 16.5. The van der Waals surface area contributed by atoms with E-state index in [1.54, 1.807) is 38.3 Å². The Bertz CT molecular complexity index is 928. The minimum absolute atomic E-state index is 0.0766. The molecule has 0 unspecified atom stereocenters. The monoisotopic (exact) mass is 324 g/mol. The molecule has 0 aliphatic carbocycles. The zero-order valence-corrected chi connectivity index (χ0v) is 13.2. The summed E-state index contributed by atoms with van der Waals surface area (Å²) in [5.74, 6) is 0.415. The van der Waals surface area contributed by atoms with Gasteiger partial charge in [-0.3, -0.25) is 4.79 Å². The molecular formula is C18H16N2O4. The smallest absolute Gasteiger partial charge is 0.307 e. The summed E-state index contributed by atoms with van der Waals surface area (Å²) >= 11 is 0. The van der Waals surface area contributed by atoms with Crippen molar-refractivity contribution < 1.29 is 19.1 Å². The van der Waals surface area contributed by atoms with Crippen molar-refractivity contribution in [3.8, 4) is 11.5 Å². The van der Waals surface area contributed by atoms with Gasteiger partial charge in [-0.1, -0.05) is 18.2 Å². The summed E-state index contributed by atoms with van der Waals surface area (Å²) in [6, 6.07) is 12.2. The highest BCUT2D eigenvalue weighted by molar-refractivity contribution is 6.00. The lowest BCUT2D eigenvalue weighted by Gasteiger charge is -2.00. The number of carbonyl (C=O) groups excluding carboxylic acids is 1. The number of amides is 1. The number of hydrazone groups is 1. The van der Waals surface area contributed by atoms with Crippen LogP contribution in [-0.4, -0.2) is 24.3 Å². The van der Waals surface area contributed by atoms with Crippen molar-refractivity contribution in [3.05, 3.63) is 59.4 Å². The van der Waals surface area contributed by atoms with Crippen molar-refractivity contribution in [2.45, 2.75) is 6.92 Å². The van der Waals surface area contributed by atoms with E-state index in [-0.39, 0.29) is 11.5 Å². The van der Waals surface area contributed by atoms with Gasteiger partial charge in [-0.2, -0.15) is 5.10 Å². The number of nitrogens with one attached hydrogen (secondary N) is 1. The maximum Gasteiger partial charge on any atom is 0.307 e. The maximum absolute atomic E-state index is 12.2. The Balaban J connectivity index is 1.79. The van der Waals surface area contributed by atoms with Gasteiger partial charge in [-0.25, -0.2) is 5.43 Å². The molecule has 6 heteroatoms. The number of rotatable bonds is 4. The molecule has 2 N–H and O–H groups in total. The van der Waals surface area contributed by atoms with Crippen molar-refractivity contribution >= 4 is 23.1 Å². The minimum atomic E-state index is -0.484. The number of aromatic hydroxyl groups is 1. The molecule has 24 heavy (non-hydrogen) atoms. The Labute approximate surface area is 138 Å². The third kappa shape index (κ3) is 2.94. The molecule has 3 rings (SSSR count). The van der Waals surface area contributed by atoms with Crippen molar-refractivity contribution in [2.75, 3.05) is 7.11 Å². The molecule has 0 aliphatic rings. The largest absolute Gasteiger partial charge is 0.507 e. The molecule has 1 aromatic heterocycles. The van der Waals surface area contributed by atoms with Crippen LogP contribution in [0, 0.1) is 6.92 Å². The number of nitrogens with zero attached hydrogens (tertiary/aromatic N) is 1. The molecule has 6 nitrogen and oxygen atoms in total. The molecule has 0 fully saturated rings. The molecule has 0 atom stereocenters. The molecule has 1 heterocycles. The van der Waals surface area contributed by atoms with E-state index >= 15 is 0 Å². The molecule has 0 radical (unpaired) electrons. The van der Waals surface area contributed by atoms with E-state index in [1.165, 1.54) is 6.21 Å². The molecule has 3 aromatic rings. The van der Waals surface area contributed by atoms with Crippen molar-refractivity contribution in [2.24, 2.45) is 5.10 Å². The van der Waals surface area contributed by atoms with Crippen LogP contribution in [0.25, 0.3) is 11.0 Å². The maximum atomic E-state index is 12.2. The zero-order valence-electron chi connectivity index (χ0n) is 13.2. The van der Waals surface area contributed by atoms with Gasteiger partial charge in [-0.15, -0.1) is 0 Å². The van der Waals surface area contributed by atoms with Crippen LogP contribution >= 0.6 is 0 Å². The lowest BCUT2D eigenvalue weighted by atomic mass is 10.1. The average Bonchev–Trinajstić information content (AvgIpc) is 2.93. The van der Waals surface area contributed by atoms with Crippen LogP contribution in [0.5, 0.6) is 11.5 Å². The van der Waals surface area contributed by atoms with Crippen LogP contribution in [0.15, 0.2) is 52.0 Å². The first kappa shape index (κ1) is 15.6. The van der Waals surface area contributed by atoms with E-state index in [9.17, 15) is 9.90 Å². The van der Waals surface area contributed by atoms with Gasteiger partial charge in [0.05, 0.1) is 18.7 Å². The summed E-state index contributed by atoms with van der Waals surface area (Å²) in [6.07, 6.45) is 1.51. The average molecular weight is 324 g/mol. The number of aryl methyl sites for hydroxylation is 1. The first-order valence-electron chi connectivity index (χ1n) is 7.28. The second-order valence-corrected chi connectivity index (χ2v) is 5.18. The summed E-state index contributed by atoms with van der Waals surface area (Å²) < 4.78 is 10.6. The molecule has 0 aliphatic heterocycles. The van der Waals surface area contributed by atoms with Crippen LogP contribution < -0.4 is 10.2 Å². The Hall–Kier alpha value is -3.28. The van der Waals surface area contributed by atoms with Gasteiger partial charge in [-0.05, 0) is 36.8 Å². The SMILES string of the molecule is COc1cccc(C=NNC(=O)c2oc3cccc(O)c3c2C)c1. The highest BCUT2D eigenvalue weighted by Gasteiger charge is 2.19. The van der Waals surface area contributed by atoms with E-state index in [0.29, 0.717) is 22.3 Å². The number of phenolic OH excluding ortho intramolecular Hbond substituents is 1. The van der Waals surface area contributed by atoms with Crippen molar-refractivity contribution in [1.82, 2.24) is 5.43 Å². The fraction of sp³-hybridized carbons (Fsp3) is 0.111. The summed E-state index contributed by atoms with van der Waals surface area (Å²) in [7, 11) is 1.58. The number of fused-ring (bicyclic) bond motifs is 1. The number of furan rings is 1. The fourth-order valence-corrected chi connectivity index (χ4v) is 2.44. The lowest BCUT2D eigenvalue weighted by molar-refractivity contribution is 0.0929. The van der Waals surface area contributed by atoms with Crippen LogP contribution in [0.2, 0.25) is 0 Å². The van der Waals surface area contributed by atoms with Gasteiger partial charge in [0, 0.05) is 5.56 Å². The predicted molar refractivity (Wildman–Crippen MR) is 90.7 cm³/mol. The van der Waals surface area contributed by atoms with Crippen molar-refractivity contribution in [3.63, 3.8) is 0 Å². The number of ether oxygens (including phenoxy) is 1. The number of carbonyl (C=O) groups is 1. The van der Waals surface area contributed by atoms with Crippen LogP contribution in [-0.2, 0) is 0 Å². The van der Waals surface area contributed by atoms with E-state index < -0.39 is 5.91 Å². The van der Waals surface area contributed by atoms with Crippen LogP contribution in [0.4, 0.5) is 0 Å².